The topological polar surface area (TPSA) is 65.1 Å². The summed E-state index contributed by atoms with van der Waals surface area (Å²) >= 11 is 0. The van der Waals surface area contributed by atoms with E-state index in [0.29, 0.717) is 36.4 Å². The van der Waals surface area contributed by atoms with Gasteiger partial charge in [0.05, 0.1) is 20.8 Å². The Bertz CT molecular complexity index is 614. The standard InChI is InChI=1S/C18H23NO5/c1-22-13-7-6-8-14(23-2)15(13)16(20)19-11-12-24-17(21)18(19)9-4-3-5-10-18/h6-8H,3-5,9-12H2,1-2H3. The van der Waals surface area contributed by atoms with Crippen molar-refractivity contribution >= 4 is 11.9 Å². The maximum absolute atomic E-state index is 13.3. The van der Waals surface area contributed by atoms with Gasteiger partial charge in [0.1, 0.15) is 29.2 Å². The Kier molecular flexibility index (Phi) is 4.64. The highest BCUT2D eigenvalue weighted by atomic mass is 16.5. The lowest BCUT2D eigenvalue weighted by atomic mass is 9.79. The lowest BCUT2D eigenvalue weighted by Gasteiger charge is -2.47. The highest BCUT2D eigenvalue weighted by Gasteiger charge is 2.51. The number of carbonyl (C=O) groups is 2. The molecule has 3 rings (SSSR count). The van der Waals surface area contributed by atoms with Crippen LogP contribution in [0.2, 0.25) is 0 Å². The molecule has 1 aliphatic heterocycles. The molecule has 2 aliphatic rings. The summed E-state index contributed by atoms with van der Waals surface area (Å²) in [6.07, 6.45) is 4.21. The molecule has 1 spiro atoms. The van der Waals surface area contributed by atoms with Gasteiger partial charge in [-0.25, -0.2) is 4.79 Å². The lowest BCUT2D eigenvalue weighted by Crippen LogP contribution is -2.62. The van der Waals surface area contributed by atoms with Crippen LogP contribution in [-0.2, 0) is 9.53 Å². The normalized spacial score (nSPS) is 19.8. The average molecular weight is 333 g/mol. The zero-order valence-corrected chi connectivity index (χ0v) is 14.2. The number of cyclic esters (lactones) is 1. The quantitative estimate of drug-likeness (QED) is 0.795. The molecule has 1 saturated heterocycles. The molecule has 130 valence electrons. The van der Waals surface area contributed by atoms with Crippen molar-refractivity contribution in [1.82, 2.24) is 4.90 Å². The van der Waals surface area contributed by atoms with E-state index in [1.807, 2.05) is 0 Å². The number of ether oxygens (including phenoxy) is 3. The van der Waals surface area contributed by atoms with Crippen molar-refractivity contribution in [3.8, 4) is 11.5 Å². The summed E-state index contributed by atoms with van der Waals surface area (Å²) in [4.78, 5) is 27.6. The van der Waals surface area contributed by atoms with E-state index in [1.54, 1.807) is 23.1 Å². The van der Waals surface area contributed by atoms with E-state index >= 15 is 0 Å². The van der Waals surface area contributed by atoms with Gasteiger partial charge in [0.15, 0.2) is 0 Å². The molecule has 1 aromatic carbocycles. The van der Waals surface area contributed by atoms with Gasteiger partial charge in [-0.1, -0.05) is 25.3 Å². The molecular formula is C18H23NO5. The van der Waals surface area contributed by atoms with Crippen LogP contribution in [0.15, 0.2) is 18.2 Å². The number of nitrogens with zero attached hydrogens (tertiary/aromatic N) is 1. The number of benzene rings is 1. The van der Waals surface area contributed by atoms with Crippen LogP contribution < -0.4 is 9.47 Å². The third kappa shape index (κ3) is 2.60. The summed E-state index contributed by atoms with van der Waals surface area (Å²) in [6.45, 7) is 0.621. The van der Waals surface area contributed by atoms with Crippen LogP contribution in [0.1, 0.15) is 42.5 Å². The third-order valence-electron chi connectivity index (χ3n) is 5.01. The predicted molar refractivity (Wildman–Crippen MR) is 87.4 cm³/mol. The van der Waals surface area contributed by atoms with Gasteiger partial charge < -0.3 is 19.1 Å². The highest BCUT2D eigenvalue weighted by molar-refractivity contribution is 6.02. The molecule has 2 fully saturated rings. The van der Waals surface area contributed by atoms with Crippen molar-refractivity contribution in [3.63, 3.8) is 0 Å². The summed E-state index contributed by atoms with van der Waals surface area (Å²) in [5, 5.41) is 0. The van der Waals surface area contributed by atoms with Gasteiger partial charge in [0.25, 0.3) is 5.91 Å². The first-order chi connectivity index (χ1) is 11.6. The maximum Gasteiger partial charge on any atom is 0.332 e. The Morgan fingerprint density at radius 3 is 2.33 bits per heavy atom. The molecule has 1 saturated carbocycles. The Labute approximate surface area is 141 Å². The number of esters is 1. The van der Waals surface area contributed by atoms with E-state index in [-0.39, 0.29) is 18.5 Å². The van der Waals surface area contributed by atoms with Crippen molar-refractivity contribution in [3.05, 3.63) is 23.8 Å². The van der Waals surface area contributed by atoms with Gasteiger partial charge in [0, 0.05) is 0 Å². The van der Waals surface area contributed by atoms with Gasteiger partial charge in [0.2, 0.25) is 0 Å². The zero-order valence-electron chi connectivity index (χ0n) is 14.2. The molecule has 0 bridgehead atoms. The molecule has 0 radical (unpaired) electrons. The van der Waals surface area contributed by atoms with Crippen LogP contribution in [0, 0.1) is 0 Å². The second-order valence-electron chi connectivity index (χ2n) is 6.22. The minimum atomic E-state index is -0.848. The Morgan fingerprint density at radius 2 is 1.75 bits per heavy atom. The first-order valence-electron chi connectivity index (χ1n) is 8.34. The zero-order chi connectivity index (χ0) is 17.2. The van der Waals surface area contributed by atoms with E-state index in [0.717, 1.165) is 19.3 Å². The summed E-state index contributed by atoms with van der Waals surface area (Å²) in [6, 6.07) is 5.23. The van der Waals surface area contributed by atoms with Crippen LogP contribution in [0.3, 0.4) is 0 Å². The number of rotatable bonds is 3. The second kappa shape index (κ2) is 6.71. The molecule has 6 nitrogen and oxygen atoms in total. The van der Waals surface area contributed by atoms with E-state index in [4.69, 9.17) is 14.2 Å². The van der Waals surface area contributed by atoms with Crippen molar-refractivity contribution in [2.24, 2.45) is 0 Å². The van der Waals surface area contributed by atoms with Crippen LogP contribution in [-0.4, -0.2) is 49.7 Å². The van der Waals surface area contributed by atoms with Crippen molar-refractivity contribution in [2.75, 3.05) is 27.4 Å². The highest BCUT2D eigenvalue weighted by Crippen LogP contribution is 2.40. The summed E-state index contributed by atoms with van der Waals surface area (Å²) in [7, 11) is 3.04. The molecular weight excluding hydrogens is 310 g/mol. The van der Waals surface area contributed by atoms with Crippen molar-refractivity contribution in [2.45, 2.75) is 37.6 Å². The van der Waals surface area contributed by atoms with Gasteiger partial charge >= 0.3 is 5.97 Å². The number of morpholine rings is 1. The molecule has 0 unspecified atom stereocenters. The van der Waals surface area contributed by atoms with Gasteiger partial charge in [-0.3, -0.25) is 4.79 Å². The Morgan fingerprint density at radius 1 is 1.12 bits per heavy atom. The van der Waals surface area contributed by atoms with Gasteiger partial charge in [-0.2, -0.15) is 0 Å². The van der Waals surface area contributed by atoms with Gasteiger partial charge in [-0.05, 0) is 25.0 Å². The first-order valence-corrected chi connectivity index (χ1v) is 8.34. The minimum absolute atomic E-state index is 0.226. The van der Waals surface area contributed by atoms with E-state index in [2.05, 4.69) is 0 Å². The largest absolute Gasteiger partial charge is 0.496 e. The lowest BCUT2D eigenvalue weighted by molar-refractivity contribution is -0.168. The van der Waals surface area contributed by atoms with E-state index < -0.39 is 5.54 Å². The van der Waals surface area contributed by atoms with E-state index in [9.17, 15) is 9.59 Å². The molecule has 0 N–H and O–H groups in total. The summed E-state index contributed by atoms with van der Waals surface area (Å²) < 4.78 is 16.0. The molecule has 1 amide bonds. The molecule has 1 aliphatic carbocycles. The summed E-state index contributed by atoms with van der Waals surface area (Å²) in [5.41, 5.74) is -0.485. The third-order valence-corrected chi connectivity index (χ3v) is 5.01. The second-order valence-corrected chi connectivity index (χ2v) is 6.22. The molecule has 0 aromatic heterocycles. The Balaban J connectivity index is 2.03. The van der Waals surface area contributed by atoms with Crippen molar-refractivity contribution in [1.29, 1.82) is 0 Å². The molecule has 1 aromatic rings. The predicted octanol–water partition coefficient (Wildman–Crippen LogP) is 2.41. The molecule has 24 heavy (non-hydrogen) atoms. The SMILES string of the molecule is COc1cccc(OC)c1C(=O)N1CCOC(=O)C12CCCCC2. The van der Waals surface area contributed by atoms with Crippen LogP contribution in [0.4, 0.5) is 0 Å². The monoisotopic (exact) mass is 333 g/mol. The fourth-order valence-corrected chi connectivity index (χ4v) is 3.79. The number of methoxy groups -OCH3 is 2. The van der Waals surface area contributed by atoms with Crippen LogP contribution in [0.25, 0.3) is 0 Å². The fraction of sp³-hybridized carbons (Fsp3) is 0.556. The molecule has 6 heteroatoms. The maximum atomic E-state index is 13.3. The number of hydrogen-bond acceptors (Lipinski definition) is 5. The van der Waals surface area contributed by atoms with Gasteiger partial charge in [-0.15, -0.1) is 0 Å². The average Bonchev–Trinajstić information content (AvgIpc) is 2.63. The molecule has 0 atom stereocenters. The Hall–Kier alpha value is -2.24. The van der Waals surface area contributed by atoms with E-state index in [1.165, 1.54) is 14.2 Å². The first kappa shape index (κ1) is 16.6. The fourth-order valence-electron chi connectivity index (χ4n) is 3.79. The van der Waals surface area contributed by atoms with Crippen LogP contribution >= 0.6 is 0 Å². The summed E-state index contributed by atoms with van der Waals surface area (Å²) in [5.74, 6) is 0.381. The van der Waals surface area contributed by atoms with Crippen molar-refractivity contribution < 1.29 is 23.8 Å². The smallest absolute Gasteiger partial charge is 0.332 e. The van der Waals surface area contributed by atoms with Crippen LogP contribution in [0.5, 0.6) is 11.5 Å². The number of hydrogen-bond donors (Lipinski definition) is 0. The number of amides is 1. The minimum Gasteiger partial charge on any atom is -0.496 e. The molecule has 1 heterocycles. The number of carbonyl (C=O) groups excluding carboxylic acids is 2.